The molecule has 0 saturated carbocycles. The zero-order chi connectivity index (χ0) is 24.5. The number of ketones is 1. The molecule has 7 heteroatoms. The molecule has 1 N–H and O–H groups in total. The van der Waals surface area contributed by atoms with Gasteiger partial charge >= 0.3 is 5.97 Å². The normalized spacial score (nSPS) is 10.3. The third-order valence-electron chi connectivity index (χ3n) is 5.21. The molecule has 3 rings (SSSR count). The Morgan fingerprint density at radius 2 is 1.38 bits per heavy atom. The van der Waals surface area contributed by atoms with Crippen molar-refractivity contribution in [1.29, 1.82) is 0 Å². The van der Waals surface area contributed by atoms with E-state index in [9.17, 15) is 19.2 Å². The number of benzene rings is 3. The maximum absolute atomic E-state index is 12.8. The van der Waals surface area contributed by atoms with Crippen LogP contribution in [0.2, 0.25) is 0 Å². The van der Waals surface area contributed by atoms with E-state index >= 15 is 0 Å². The Morgan fingerprint density at radius 3 is 2.06 bits per heavy atom. The molecular formula is C27H26N2O5. The highest BCUT2D eigenvalue weighted by molar-refractivity contribution is 6.14. The number of anilines is 1. The third-order valence-corrected chi connectivity index (χ3v) is 5.21. The third kappa shape index (κ3) is 5.95. The van der Waals surface area contributed by atoms with E-state index in [0.717, 1.165) is 0 Å². The van der Waals surface area contributed by atoms with Crippen molar-refractivity contribution in [3.8, 4) is 0 Å². The number of esters is 1. The van der Waals surface area contributed by atoms with Crippen LogP contribution in [0, 0.1) is 0 Å². The van der Waals surface area contributed by atoms with Crippen molar-refractivity contribution in [3.63, 3.8) is 0 Å². The molecule has 0 radical (unpaired) electrons. The molecule has 0 aliphatic rings. The van der Waals surface area contributed by atoms with E-state index in [2.05, 4.69) is 5.32 Å². The van der Waals surface area contributed by atoms with Gasteiger partial charge in [-0.2, -0.15) is 0 Å². The number of carbonyl (C=O) groups excluding carboxylic acids is 4. The van der Waals surface area contributed by atoms with E-state index in [1.165, 1.54) is 6.07 Å². The van der Waals surface area contributed by atoms with E-state index in [1.54, 1.807) is 77.7 Å². The van der Waals surface area contributed by atoms with E-state index in [4.69, 9.17) is 4.74 Å². The van der Waals surface area contributed by atoms with Crippen LogP contribution >= 0.6 is 0 Å². The second-order valence-corrected chi connectivity index (χ2v) is 7.42. The van der Waals surface area contributed by atoms with Crippen LogP contribution in [0.5, 0.6) is 0 Å². The molecule has 3 aromatic carbocycles. The number of ether oxygens (including phenoxy) is 1. The number of rotatable bonds is 9. The Balaban J connectivity index is 1.65. The summed E-state index contributed by atoms with van der Waals surface area (Å²) < 4.78 is 5.16. The summed E-state index contributed by atoms with van der Waals surface area (Å²) in [6.45, 7) is 4.41. The summed E-state index contributed by atoms with van der Waals surface area (Å²) in [6, 6.07) is 21.5. The van der Waals surface area contributed by atoms with Gasteiger partial charge in [-0.25, -0.2) is 4.79 Å². The summed E-state index contributed by atoms with van der Waals surface area (Å²) in [5.41, 5.74) is 1.59. The maximum atomic E-state index is 12.8. The van der Waals surface area contributed by atoms with Gasteiger partial charge in [0.05, 0.1) is 5.56 Å². The molecule has 0 saturated heterocycles. The minimum atomic E-state index is -0.777. The number of hydrogen-bond acceptors (Lipinski definition) is 5. The zero-order valence-corrected chi connectivity index (χ0v) is 19.1. The Labute approximate surface area is 198 Å². The van der Waals surface area contributed by atoms with Gasteiger partial charge in [-0.1, -0.05) is 54.6 Å². The lowest BCUT2D eigenvalue weighted by Crippen LogP contribution is -2.30. The van der Waals surface area contributed by atoms with Crippen molar-refractivity contribution < 1.29 is 23.9 Å². The van der Waals surface area contributed by atoms with E-state index in [-0.39, 0.29) is 22.8 Å². The van der Waals surface area contributed by atoms with Crippen molar-refractivity contribution in [2.24, 2.45) is 0 Å². The van der Waals surface area contributed by atoms with Crippen molar-refractivity contribution in [1.82, 2.24) is 4.90 Å². The first-order valence-corrected chi connectivity index (χ1v) is 11.0. The lowest BCUT2D eigenvalue weighted by Gasteiger charge is -2.19. The van der Waals surface area contributed by atoms with Gasteiger partial charge in [0.15, 0.2) is 12.4 Å². The first-order chi connectivity index (χ1) is 16.4. The van der Waals surface area contributed by atoms with Gasteiger partial charge in [-0.05, 0) is 38.1 Å². The van der Waals surface area contributed by atoms with Crippen LogP contribution in [-0.4, -0.2) is 48.2 Å². The number of nitrogens with one attached hydrogen (secondary N) is 1. The number of amides is 2. The number of carbonyl (C=O) groups is 4. The Hall–Kier alpha value is -4.26. The molecule has 174 valence electrons. The second kappa shape index (κ2) is 11.6. The lowest BCUT2D eigenvalue weighted by molar-refractivity contribution is -0.119. The summed E-state index contributed by atoms with van der Waals surface area (Å²) in [7, 11) is 0. The van der Waals surface area contributed by atoms with Gasteiger partial charge in [0.2, 0.25) is 0 Å². The van der Waals surface area contributed by atoms with E-state index in [1.807, 2.05) is 13.8 Å². The second-order valence-electron chi connectivity index (χ2n) is 7.42. The van der Waals surface area contributed by atoms with Gasteiger partial charge in [-0.3, -0.25) is 14.4 Å². The molecule has 0 aromatic heterocycles. The average Bonchev–Trinajstić information content (AvgIpc) is 2.88. The maximum Gasteiger partial charge on any atom is 0.339 e. The van der Waals surface area contributed by atoms with Gasteiger partial charge in [-0.15, -0.1) is 0 Å². The molecule has 0 heterocycles. The fourth-order valence-electron chi connectivity index (χ4n) is 3.43. The number of hydrogen-bond donors (Lipinski definition) is 1. The van der Waals surface area contributed by atoms with Gasteiger partial charge in [0, 0.05) is 35.5 Å². The molecule has 0 spiro atoms. The summed E-state index contributed by atoms with van der Waals surface area (Å²) in [6.07, 6.45) is 0. The van der Waals surface area contributed by atoms with Crippen molar-refractivity contribution >= 4 is 29.3 Å². The van der Waals surface area contributed by atoms with E-state index < -0.39 is 18.5 Å². The molecule has 3 aromatic rings. The fraction of sp³-hybridized carbons (Fsp3) is 0.185. The molecule has 0 aliphatic carbocycles. The Morgan fingerprint density at radius 1 is 0.765 bits per heavy atom. The van der Waals surface area contributed by atoms with Crippen molar-refractivity contribution in [3.05, 3.63) is 101 Å². The molecule has 34 heavy (non-hydrogen) atoms. The Kier molecular flexibility index (Phi) is 8.29. The van der Waals surface area contributed by atoms with Crippen LogP contribution in [0.1, 0.15) is 50.5 Å². The topological polar surface area (TPSA) is 92.8 Å². The molecule has 0 bridgehead atoms. The quantitative estimate of drug-likeness (QED) is 0.383. The van der Waals surface area contributed by atoms with Crippen LogP contribution < -0.4 is 5.32 Å². The van der Waals surface area contributed by atoms with Crippen LogP contribution in [0.3, 0.4) is 0 Å². The smallest absolute Gasteiger partial charge is 0.339 e. The summed E-state index contributed by atoms with van der Waals surface area (Å²) in [5.74, 6) is -1.78. The molecule has 0 unspecified atom stereocenters. The highest BCUT2D eigenvalue weighted by Gasteiger charge is 2.20. The van der Waals surface area contributed by atoms with Crippen LogP contribution in [0.15, 0.2) is 78.9 Å². The largest absolute Gasteiger partial charge is 0.452 e. The lowest BCUT2D eigenvalue weighted by atomic mass is 9.98. The minimum Gasteiger partial charge on any atom is -0.452 e. The Bertz CT molecular complexity index is 1190. The summed E-state index contributed by atoms with van der Waals surface area (Å²) in [5, 5.41) is 2.63. The van der Waals surface area contributed by atoms with Crippen LogP contribution in [0.25, 0.3) is 0 Å². The van der Waals surface area contributed by atoms with E-state index in [0.29, 0.717) is 29.9 Å². The monoisotopic (exact) mass is 458 g/mol. The first kappa shape index (κ1) is 24.4. The summed E-state index contributed by atoms with van der Waals surface area (Å²) in [4.78, 5) is 52.0. The average molecular weight is 459 g/mol. The molecule has 0 fully saturated rings. The van der Waals surface area contributed by atoms with Crippen LogP contribution in [-0.2, 0) is 9.53 Å². The first-order valence-electron chi connectivity index (χ1n) is 11.0. The highest BCUT2D eigenvalue weighted by Crippen LogP contribution is 2.16. The van der Waals surface area contributed by atoms with Gasteiger partial charge in [0.25, 0.3) is 11.8 Å². The fourth-order valence-corrected chi connectivity index (χ4v) is 3.43. The van der Waals surface area contributed by atoms with Gasteiger partial charge in [0.1, 0.15) is 0 Å². The molecular weight excluding hydrogens is 432 g/mol. The predicted molar refractivity (Wildman–Crippen MR) is 129 cm³/mol. The van der Waals surface area contributed by atoms with Gasteiger partial charge < -0.3 is 15.0 Å². The SMILES string of the molecule is CCN(CC)C(=O)c1cccc(NC(=O)COC(=O)c2ccccc2C(=O)c2ccccc2)c1. The molecule has 0 aliphatic heterocycles. The summed E-state index contributed by atoms with van der Waals surface area (Å²) >= 11 is 0. The van der Waals surface area contributed by atoms with Crippen molar-refractivity contribution in [2.75, 3.05) is 25.0 Å². The standard InChI is InChI=1S/C27H26N2O5/c1-3-29(4-2)26(32)20-13-10-14-21(17-20)28-24(30)18-34-27(33)23-16-9-8-15-22(23)25(31)19-11-6-5-7-12-19/h5-17H,3-4,18H2,1-2H3,(H,28,30). The predicted octanol–water partition coefficient (Wildman–Crippen LogP) is 4.20. The molecule has 7 nitrogen and oxygen atoms in total. The van der Waals surface area contributed by atoms with Crippen molar-refractivity contribution in [2.45, 2.75) is 13.8 Å². The highest BCUT2D eigenvalue weighted by atomic mass is 16.5. The minimum absolute atomic E-state index is 0.0796. The van der Waals surface area contributed by atoms with Crippen LogP contribution in [0.4, 0.5) is 5.69 Å². The molecule has 2 amide bonds. The molecule has 0 atom stereocenters. The number of nitrogens with zero attached hydrogens (tertiary/aromatic N) is 1. The zero-order valence-electron chi connectivity index (χ0n) is 19.1.